The second kappa shape index (κ2) is 9.12. The third kappa shape index (κ3) is 5.63. The highest BCUT2D eigenvalue weighted by Crippen LogP contribution is 2.17. The lowest BCUT2D eigenvalue weighted by atomic mass is 9.97. The van der Waals surface area contributed by atoms with E-state index >= 15 is 0 Å². The summed E-state index contributed by atoms with van der Waals surface area (Å²) in [4.78, 5) is 16.6. The molecule has 0 saturated heterocycles. The molecule has 146 valence electrons. The van der Waals surface area contributed by atoms with E-state index in [4.69, 9.17) is 4.52 Å². The third-order valence-electron chi connectivity index (χ3n) is 4.80. The van der Waals surface area contributed by atoms with Gasteiger partial charge < -0.3 is 9.84 Å². The van der Waals surface area contributed by atoms with E-state index in [0.717, 1.165) is 25.7 Å². The highest BCUT2D eigenvalue weighted by molar-refractivity contribution is 7.91. The van der Waals surface area contributed by atoms with Gasteiger partial charge in [0, 0.05) is 12.5 Å². The number of carbonyl (C=O) groups is 1. The molecule has 1 aliphatic carbocycles. The molecule has 1 aromatic carbocycles. The van der Waals surface area contributed by atoms with E-state index in [9.17, 15) is 13.2 Å². The molecule has 0 bridgehead atoms. The minimum atomic E-state index is -3.42. The van der Waals surface area contributed by atoms with Crippen LogP contribution in [0.25, 0.3) is 0 Å². The Morgan fingerprint density at radius 3 is 2.44 bits per heavy atom. The molecule has 1 aliphatic rings. The van der Waals surface area contributed by atoms with Gasteiger partial charge in [-0.05, 0) is 25.0 Å². The van der Waals surface area contributed by atoms with Crippen molar-refractivity contribution in [3.63, 3.8) is 0 Å². The van der Waals surface area contributed by atoms with Gasteiger partial charge in [0.2, 0.25) is 0 Å². The van der Waals surface area contributed by atoms with Gasteiger partial charge >= 0.3 is 11.8 Å². The number of rotatable bonds is 6. The second-order valence-corrected chi connectivity index (χ2v) is 9.02. The summed E-state index contributed by atoms with van der Waals surface area (Å²) in [5.74, 6) is -0.410. The molecule has 2 aromatic rings. The number of aromatic nitrogens is 2. The first-order valence-electron chi connectivity index (χ1n) is 9.46. The molecule has 0 spiro atoms. The summed E-state index contributed by atoms with van der Waals surface area (Å²) in [6.45, 7) is 0. The van der Waals surface area contributed by atoms with Crippen LogP contribution < -0.4 is 5.32 Å². The maximum atomic E-state index is 12.3. The van der Waals surface area contributed by atoms with Crippen LogP contribution in [0.5, 0.6) is 0 Å². The summed E-state index contributed by atoms with van der Waals surface area (Å²) < 4.78 is 29.6. The lowest BCUT2D eigenvalue weighted by molar-refractivity contribution is 0.0886. The Balaban J connectivity index is 1.55. The van der Waals surface area contributed by atoms with Crippen molar-refractivity contribution in [2.45, 2.75) is 62.3 Å². The molecular weight excluding hydrogens is 366 g/mol. The van der Waals surface area contributed by atoms with E-state index in [1.807, 2.05) is 0 Å². The number of nitrogens with zero attached hydrogens (tertiary/aromatic N) is 2. The number of carbonyl (C=O) groups excluding carboxylic acids is 1. The van der Waals surface area contributed by atoms with Crippen molar-refractivity contribution < 1.29 is 17.7 Å². The average molecular weight is 391 g/mol. The van der Waals surface area contributed by atoms with E-state index in [-0.39, 0.29) is 40.7 Å². The maximum Gasteiger partial charge on any atom is 0.315 e. The largest absolute Gasteiger partial charge is 0.345 e. The molecule has 1 aromatic heterocycles. The van der Waals surface area contributed by atoms with Gasteiger partial charge in [-0.3, -0.25) is 4.79 Å². The molecule has 1 fully saturated rings. The molecule has 1 N–H and O–H groups in total. The first-order chi connectivity index (χ1) is 13.0. The van der Waals surface area contributed by atoms with E-state index in [2.05, 4.69) is 15.5 Å². The fourth-order valence-electron chi connectivity index (χ4n) is 3.27. The van der Waals surface area contributed by atoms with Gasteiger partial charge in [0.05, 0.1) is 10.6 Å². The van der Waals surface area contributed by atoms with Gasteiger partial charge in [0.15, 0.2) is 15.7 Å². The van der Waals surface area contributed by atoms with Gasteiger partial charge in [0.1, 0.15) is 0 Å². The highest BCUT2D eigenvalue weighted by Gasteiger charge is 2.21. The Morgan fingerprint density at radius 1 is 1.07 bits per heavy atom. The van der Waals surface area contributed by atoms with Gasteiger partial charge in [-0.1, -0.05) is 55.5 Å². The van der Waals surface area contributed by atoms with Crippen molar-refractivity contribution in [2.75, 3.05) is 5.75 Å². The summed E-state index contributed by atoms with van der Waals surface area (Å²) in [6.07, 6.45) is 7.90. The van der Waals surface area contributed by atoms with Crippen LogP contribution >= 0.6 is 0 Å². The number of sulfone groups is 1. The molecule has 1 amide bonds. The quantitative estimate of drug-likeness (QED) is 0.812. The number of hydrogen-bond donors (Lipinski definition) is 1. The summed E-state index contributed by atoms with van der Waals surface area (Å²) in [5.41, 5.74) is 0. The minimum Gasteiger partial charge on any atom is -0.345 e. The molecule has 0 unspecified atom stereocenters. The smallest absolute Gasteiger partial charge is 0.315 e. The first-order valence-corrected chi connectivity index (χ1v) is 11.1. The van der Waals surface area contributed by atoms with Crippen molar-refractivity contribution in [1.29, 1.82) is 0 Å². The van der Waals surface area contributed by atoms with Crippen LogP contribution in [0, 0.1) is 0 Å². The topological polar surface area (TPSA) is 102 Å². The predicted octanol–water partition coefficient (Wildman–Crippen LogP) is 2.93. The Morgan fingerprint density at radius 2 is 1.74 bits per heavy atom. The van der Waals surface area contributed by atoms with Crippen LogP contribution in [-0.2, 0) is 16.3 Å². The van der Waals surface area contributed by atoms with E-state index in [0.29, 0.717) is 0 Å². The van der Waals surface area contributed by atoms with Crippen LogP contribution in [0.1, 0.15) is 61.5 Å². The molecule has 3 rings (SSSR count). The molecule has 0 aliphatic heterocycles. The maximum absolute atomic E-state index is 12.3. The Hall–Kier alpha value is -2.22. The number of hydrogen-bond acceptors (Lipinski definition) is 6. The lowest BCUT2D eigenvalue weighted by Gasteiger charge is -2.19. The number of amides is 1. The summed E-state index contributed by atoms with van der Waals surface area (Å²) >= 11 is 0. The first kappa shape index (κ1) is 19.5. The van der Waals surface area contributed by atoms with E-state index in [1.165, 1.54) is 19.3 Å². The molecule has 8 heteroatoms. The van der Waals surface area contributed by atoms with Crippen LogP contribution in [0.4, 0.5) is 0 Å². The molecule has 27 heavy (non-hydrogen) atoms. The van der Waals surface area contributed by atoms with Crippen molar-refractivity contribution in [3.8, 4) is 0 Å². The Bertz CT molecular complexity index is 841. The van der Waals surface area contributed by atoms with E-state index in [1.54, 1.807) is 30.3 Å². The van der Waals surface area contributed by atoms with Gasteiger partial charge in [-0.15, -0.1) is 0 Å². The second-order valence-electron chi connectivity index (χ2n) is 6.91. The zero-order valence-corrected chi connectivity index (χ0v) is 16.1. The zero-order chi connectivity index (χ0) is 19.1. The van der Waals surface area contributed by atoms with Gasteiger partial charge in [0.25, 0.3) is 0 Å². The summed E-state index contributed by atoms with van der Waals surface area (Å²) in [7, 11) is -3.42. The van der Waals surface area contributed by atoms with Crippen LogP contribution in [0.2, 0.25) is 0 Å². The fraction of sp³-hybridized carbons (Fsp3) is 0.526. The van der Waals surface area contributed by atoms with Gasteiger partial charge in [-0.25, -0.2) is 8.42 Å². The minimum absolute atomic E-state index is 0.0947. The van der Waals surface area contributed by atoms with Crippen molar-refractivity contribution in [2.24, 2.45) is 0 Å². The highest BCUT2D eigenvalue weighted by atomic mass is 32.2. The SMILES string of the molecule is O=C(NC1CCCCCCC1)c1nc(CCS(=O)(=O)c2ccccc2)no1. The Kier molecular flexibility index (Phi) is 6.60. The predicted molar refractivity (Wildman–Crippen MR) is 100 cm³/mol. The number of nitrogens with one attached hydrogen (secondary N) is 1. The number of benzene rings is 1. The normalized spacial score (nSPS) is 16.4. The fourth-order valence-corrected chi connectivity index (χ4v) is 4.53. The zero-order valence-electron chi connectivity index (χ0n) is 15.3. The van der Waals surface area contributed by atoms with Crippen LogP contribution in [0.3, 0.4) is 0 Å². The van der Waals surface area contributed by atoms with E-state index < -0.39 is 9.84 Å². The molecule has 1 saturated carbocycles. The molecule has 1 heterocycles. The van der Waals surface area contributed by atoms with Crippen LogP contribution in [-0.4, -0.2) is 36.3 Å². The van der Waals surface area contributed by atoms with Crippen LogP contribution in [0.15, 0.2) is 39.8 Å². The van der Waals surface area contributed by atoms with Gasteiger partial charge in [-0.2, -0.15) is 4.98 Å². The van der Waals surface area contributed by atoms with Crippen molar-refractivity contribution in [1.82, 2.24) is 15.5 Å². The Labute approximate surface area is 159 Å². The van der Waals surface area contributed by atoms with Crippen molar-refractivity contribution >= 4 is 15.7 Å². The van der Waals surface area contributed by atoms with Crippen molar-refractivity contribution in [3.05, 3.63) is 42.0 Å². The third-order valence-corrected chi connectivity index (χ3v) is 6.53. The summed E-state index contributed by atoms with van der Waals surface area (Å²) in [6, 6.07) is 8.36. The molecule has 0 radical (unpaired) electrons. The average Bonchev–Trinajstić information content (AvgIpc) is 3.12. The number of aryl methyl sites for hydroxylation is 1. The lowest BCUT2D eigenvalue weighted by Crippen LogP contribution is -2.35. The molecule has 0 atom stereocenters. The molecular formula is C19H25N3O4S. The molecule has 7 nitrogen and oxygen atoms in total. The monoisotopic (exact) mass is 391 g/mol. The summed E-state index contributed by atoms with van der Waals surface area (Å²) in [5, 5.41) is 6.71. The standard InChI is InChI=1S/C19H25N3O4S/c23-18(20-15-9-5-2-1-3-6-10-15)19-21-17(22-26-19)13-14-27(24,25)16-11-7-4-8-12-16/h4,7-8,11-12,15H,1-3,5-6,9-10,13-14H2,(H,20,23).